The molecule has 0 aliphatic heterocycles. The van der Waals surface area contributed by atoms with E-state index in [1.807, 2.05) is 0 Å². The Balaban J connectivity index is 2.20. The lowest BCUT2D eigenvalue weighted by atomic mass is 10.3. The predicted molar refractivity (Wildman–Crippen MR) is 64.1 cm³/mol. The fourth-order valence-corrected chi connectivity index (χ4v) is 1.64. The zero-order chi connectivity index (χ0) is 12.3. The maximum absolute atomic E-state index is 12.8. The molecule has 2 aromatic heterocycles. The second-order valence-electron chi connectivity index (χ2n) is 3.13. The summed E-state index contributed by atoms with van der Waals surface area (Å²) in [7, 11) is 0. The second-order valence-corrected chi connectivity index (χ2v) is 3.99. The normalized spacial score (nSPS) is 10.0. The molecule has 86 valence electrons. The maximum atomic E-state index is 12.8. The number of hydrogen-bond donors (Lipinski definition) is 1. The van der Waals surface area contributed by atoms with Gasteiger partial charge in [-0.15, -0.1) is 0 Å². The molecule has 0 bridgehead atoms. The number of hydrogen-bond acceptors (Lipinski definition) is 3. The molecule has 0 aliphatic rings. The van der Waals surface area contributed by atoms with Crippen LogP contribution in [0.1, 0.15) is 10.5 Å². The molecule has 2 aromatic rings. The van der Waals surface area contributed by atoms with Gasteiger partial charge in [-0.05, 0) is 40.2 Å². The van der Waals surface area contributed by atoms with Crippen molar-refractivity contribution in [2.75, 3.05) is 5.32 Å². The summed E-state index contributed by atoms with van der Waals surface area (Å²) in [6.45, 7) is 0. The Kier molecular flexibility index (Phi) is 3.43. The monoisotopic (exact) mass is 295 g/mol. The van der Waals surface area contributed by atoms with Crippen molar-refractivity contribution in [3.8, 4) is 0 Å². The number of nitrogens with one attached hydrogen (secondary N) is 1. The predicted octanol–water partition coefficient (Wildman–Crippen LogP) is 2.63. The van der Waals surface area contributed by atoms with Crippen LogP contribution in [0.3, 0.4) is 0 Å². The molecular formula is C11H7BrFN3O. The lowest BCUT2D eigenvalue weighted by Crippen LogP contribution is -2.15. The van der Waals surface area contributed by atoms with Crippen LogP contribution in [0.2, 0.25) is 0 Å². The number of nitrogens with zero attached hydrogens (tertiary/aromatic N) is 2. The van der Waals surface area contributed by atoms with Crippen molar-refractivity contribution >= 4 is 27.7 Å². The zero-order valence-electron chi connectivity index (χ0n) is 8.52. The van der Waals surface area contributed by atoms with Gasteiger partial charge in [0.2, 0.25) is 5.95 Å². The summed E-state index contributed by atoms with van der Waals surface area (Å²) in [5.41, 5.74) is 0.221. The molecule has 0 fully saturated rings. The third kappa shape index (κ3) is 2.85. The Morgan fingerprint density at radius 2 is 2.12 bits per heavy atom. The topological polar surface area (TPSA) is 54.9 Å². The van der Waals surface area contributed by atoms with Gasteiger partial charge in [0.05, 0.1) is 0 Å². The van der Waals surface area contributed by atoms with Crippen LogP contribution in [0.15, 0.2) is 41.0 Å². The van der Waals surface area contributed by atoms with Gasteiger partial charge in [0.15, 0.2) is 0 Å². The van der Waals surface area contributed by atoms with E-state index in [0.29, 0.717) is 4.47 Å². The smallest absolute Gasteiger partial charge is 0.276 e. The molecule has 1 N–H and O–H groups in total. The maximum Gasteiger partial charge on any atom is 0.276 e. The van der Waals surface area contributed by atoms with Gasteiger partial charge in [-0.3, -0.25) is 4.79 Å². The fourth-order valence-electron chi connectivity index (χ4n) is 1.21. The number of pyridine rings is 2. The van der Waals surface area contributed by atoms with Crippen LogP contribution in [0.4, 0.5) is 10.2 Å². The van der Waals surface area contributed by atoms with E-state index >= 15 is 0 Å². The number of carbonyl (C=O) groups excluding carboxylic acids is 1. The van der Waals surface area contributed by atoms with E-state index in [9.17, 15) is 9.18 Å². The first-order valence-electron chi connectivity index (χ1n) is 4.71. The number of amides is 1. The van der Waals surface area contributed by atoms with E-state index in [1.54, 1.807) is 12.1 Å². The Labute approximate surface area is 105 Å². The molecule has 2 heterocycles. The average molecular weight is 296 g/mol. The molecule has 0 unspecified atom stereocenters. The molecule has 0 atom stereocenters. The molecule has 1 amide bonds. The van der Waals surface area contributed by atoms with Crippen molar-refractivity contribution < 1.29 is 9.18 Å². The fraction of sp³-hybridized carbons (Fsp3) is 0. The van der Waals surface area contributed by atoms with Gasteiger partial charge < -0.3 is 5.32 Å². The SMILES string of the molecule is O=C(Nc1cccc(F)n1)c1ncccc1Br. The Hall–Kier alpha value is -1.82. The highest BCUT2D eigenvalue weighted by Gasteiger charge is 2.11. The lowest BCUT2D eigenvalue weighted by molar-refractivity contribution is 0.102. The van der Waals surface area contributed by atoms with Crippen LogP contribution in [0.25, 0.3) is 0 Å². The summed E-state index contributed by atoms with van der Waals surface area (Å²) in [5.74, 6) is -0.953. The van der Waals surface area contributed by atoms with Gasteiger partial charge in [-0.2, -0.15) is 4.39 Å². The van der Waals surface area contributed by atoms with Gasteiger partial charge in [0.1, 0.15) is 11.5 Å². The van der Waals surface area contributed by atoms with E-state index in [2.05, 4.69) is 31.2 Å². The summed E-state index contributed by atoms with van der Waals surface area (Å²) in [4.78, 5) is 19.2. The minimum Gasteiger partial charge on any atom is -0.305 e. The van der Waals surface area contributed by atoms with Gasteiger partial charge in [-0.1, -0.05) is 6.07 Å². The highest BCUT2D eigenvalue weighted by atomic mass is 79.9. The minimum atomic E-state index is -0.650. The van der Waals surface area contributed by atoms with E-state index in [-0.39, 0.29) is 11.5 Å². The standard InChI is InChI=1S/C11H7BrFN3O/c12-7-3-2-6-14-10(7)11(17)16-9-5-1-4-8(13)15-9/h1-6H,(H,15,16,17). The third-order valence-corrected chi connectivity index (χ3v) is 2.57. The largest absolute Gasteiger partial charge is 0.305 e. The summed E-state index contributed by atoms with van der Waals surface area (Å²) >= 11 is 3.21. The molecule has 0 aliphatic carbocycles. The molecule has 0 radical (unpaired) electrons. The highest BCUT2D eigenvalue weighted by Crippen LogP contribution is 2.14. The van der Waals surface area contributed by atoms with Gasteiger partial charge in [-0.25, -0.2) is 9.97 Å². The average Bonchev–Trinajstić information content (AvgIpc) is 2.29. The van der Waals surface area contributed by atoms with Gasteiger partial charge >= 0.3 is 0 Å². The molecule has 0 saturated carbocycles. The third-order valence-electron chi connectivity index (χ3n) is 1.93. The molecule has 0 aromatic carbocycles. The molecule has 2 rings (SSSR count). The molecule has 0 spiro atoms. The number of anilines is 1. The summed E-state index contributed by atoms with van der Waals surface area (Å²) < 4.78 is 13.4. The Morgan fingerprint density at radius 1 is 1.29 bits per heavy atom. The van der Waals surface area contributed by atoms with Crippen molar-refractivity contribution in [2.45, 2.75) is 0 Å². The first-order chi connectivity index (χ1) is 8.16. The van der Waals surface area contributed by atoms with Gasteiger partial charge in [0.25, 0.3) is 5.91 Å². The quantitative estimate of drug-likeness (QED) is 0.867. The van der Waals surface area contributed by atoms with Crippen molar-refractivity contribution in [2.24, 2.45) is 0 Å². The molecule has 4 nitrogen and oxygen atoms in total. The van der Waals surface area contributed by atoms with Crippen LogP contribution >= 0.6 is 15.9 Å². The van der Waals surface area contributed by atoms with Crippen LogP contribution in [-0.4, -0.2) is 15.9 Å². The van der Waals surface area contributed by atoms with E-state index < -0.39 is 11.9 Å². The van der Waals surface area contributed by atoms with E-state index in [1.165, 1.54) is 24.4 Å². The Bertz CT molecular complexity index is 562. The molecule has 17 heavy (non-hydrogen) atoms. The minimum absolute atomic E-state index is 0.146. The van der Waals surface area contributed by atoms with Crippen LogP contribution < -0.4 is 5.32 Å². The highest BCUT2D eigenvalue weighted by molar-refractivity contribution is 9.10. The van der Waals surface area contributed by atoms with E-state index in [0.717, 1.165) is 0 Å². The number of carbonyl (C=O) groups is 1. The number of halogens is 2. The van der Waals surface area contributed by atoms with Gasteiger partial charge in [0, 0.05) is 10.7 Å². The summed E-state index contributed by atoms with van der Waals surface area (Å²) in [6, 6.07) is 7.55. The molecule has 0 saturated heterocycles. The first kappa shape index (κ1) is 11.7. The van der Waals surface area contributed by atoms with Crippen LogP contribution in [0.5, 0.6) is 0 Å². The zero-order valence-corrected chi connectivity index (χ0v) is 10.1. The number of aromatic nitrogens is 2. The van der Waals surface area contributed by atoms with Crippen molar-refractivity contribution in [1.29, 1.82) is 0 Å². The number of rotatable bonds is 2. The first-order valence-corrected chi connectivity index (χ1v) is 5.50. The lowest BCUT2D eigenvalue weighted by Gasteiger charge is -2.04. The van der Waals surface area contributed by atoms with Crippen molar-refractivity contribution in [3.63, 3.8) is 0 Å². The molecular weight excluding hydrogens is 289 g/mol. The van der Waals surface area contributed by atoms with Crippen molar-refractivity contribution in [1.82, 2.24) is 9.97 Å². The summed E-state index contributed by atoms with van der Waals surface area (Å²) in [6.07, 6.45) is 1.50. The summed E-state index contributed by atoms with van der Waals surface area (Å²) in [5, 5.41) is 2.46. The van der Waals surface area contributed by atoms with Crippen LogP contribution in [-0.2, 0) is 0 Å². The van der Waals surface area contributed by atoms with Crippen LogP contribution in [0, 0.1) is 5.95 Å². The Morgan fingerprint density at radius 3 is 2.82 bits per heavy atom. The van der Waals surface area contributed by atoms with E-state index in [4.69, 9.17) is 0 Å². The molecule has 6 heteroatoms. The van der Waals surface area contributed by atoms with Crippen molar-refractivity contribution in [3.05, 3.63) is 52.6 Å². The second kappa shape index (κ2) is 5.01.